The minimum atomic E-state index is -0.139. The van der Waals surface area contributed by atoms with E-state index in [1.54, 1.807) is 7.05 Å². The van der Waals surface area contributed by atoms with Crippen molar-refractivity contribution in [2.24, 2.45) is 0 Å². The van der Waals surface area contributed by atoms with Crippen LogP contribution in [0.4, 0.5) is 11.5 Å². The standard InChI is InChI=1S/C12H12N4O2/c1-13-11-5-8(15-16-11)7-2-3-10-9(4-7)14-12(17)6-18-10/h2-5H,6H2,1H3,(H,14,17)(H2,13,15,16). The smallest absolute Gasteiger partial charge is 0.262 e. The lowest BCUT2D eigenvalue weighted by Gasteiger charge is -2.18. The number of ether oxygens (including phenoxy) is 1. The summed E-state index contributed by atoms with van der Waals surface area (Å²) in [5.41, 5.74) is 2.50. The number of H-pyrrole nitrogens is 1. The van der Waals surface area contributed by atoms with Gasteiger partial charge in [-0.15, -0.1) is 0 Å². The minimum Gasteiger partial charge on any atom is -0.482 e. The quantitative estimate of drug-likeness (QED) is 0.747. The summed E-state index contributed by atoms with van der Waals surface area (Å²) in [6.07, 6.45) is 0. The van der Waals surface area contributed by atoms with E-state index in [2.05, 4.69) is 20.8 Å². The molecular weight excluding hydrogens is 232 g/mol. The number of hydrogen-bond donors (Lipinski definition) is 3. The number of amides is 1. The molecule has 0 unspecified atom stereocenters. The van der Waals surface area contributed by atoms with Gasteiger partial charge < -0.3 is 15.4 Å². The second-order valence-corrected chi connectivity index (χ2v) is 3.96. The van der Waals surface area contributed by atoms with Crippen LogP contribution in [0, 0.1) is 0 Å². The molecule has 0 saturated heterocycles. The minimum absolute atomic E-state index is 0.0697. The number of nitrogens with zero attached hydrogens (tertiary/aromatic N) is 1. The second kappa shape index (κ2) is 4.06. The zero-order valence-corrected chi connectivity index (χ0v) is 9.78. The van der Waals surface area contributed by atoms with Gasteiger partial charge in [-0.25, -0.2) is 0 Å². The fourth-order valence-corrected chi connectivity index (χ4v) is 1.85. The van der Waals surface area contributed by atoms with Gasteiger partial charge in [0.05, 0.1) is 11.4 Å². The fourth-order valence-electron chi connectivity index (χ4n) is 1.85. The maximum absolute atomic E-state index is 11.3. The lowest BCUT2D eigenvalue weighted by Crippen LogP contribution is -2.25. The van der Waals surface area contributed by atoms with Gasteiger partial charge in [-0.1, -0.05) is 0 Å². The summed E-state index contributed by atoms with van der Waals surface area (Å²) in [4.78, 5) is 11.3. The van der Waals surface area contributed by atoms with Crippen molar-refractivity contribution in [2.45, 2.75) is 0 Å². The van der Waals surface area contributed by atoms with Crippen molar-refractivity contribution in [3.63, 3.8) is 0 Å². The Morgan fingerprint density at radius 1 is 1.39 bits per heavy atom. The van der Waals surface area contributed by atoms with Crippen molar-refractivity contribution < 1.29 is 9.53 Å². The molecule has 1 amide bonds. The summed E-state index contributed by atoms with van der Waals surface area (Å²) < 4.78 is 5.30. The fraction of sp³-hybridized carbons (Fsp3) is 0.167. The van der Waals surface area contributed by atoms with Crippen LogP contribution in [0.1, 0.15) is 0 Å². The van der Waals surface area contributed by atoms with Gasteiger partial charge in [-0.05, 0) is 18.2 Å². The zero-order chi connectivity index (χ0) is 12.5. The summed E-state index contributed by atoms with van der Waals surface area (Å²) in [6.45, 7) is 0.0697. The summed E-state index contributed by atoms with van der Waals surface area (Å²) in [5, 5.41) is 12.7. The number of rotatable bonds is 2. The number of anilines is 2. The molecule has 1 aromatic carbocycles. The zero-order valence-electron chi connectivity index (χ0n) is 9.78. The summed E-state index contributed by atoms with van der Waals surface area (Å²) in [6, 6.07) is 7.51. The van der Waals surface area contributed by atoms with Crippen LogP contribution in [0.15, 0.2) is 24.3 Å². The molecule has 0 saturated carbocycles. The molecule has 0 fully saturated rings. The Hall–Kier alpha value is -2.50. The van der Waals surface area contributed by atoms with Gasteiger partial charge in [0.2, 0.25) is 0 Å². The topological polar surface area (TPSA) is 79.0 Å². The van der Waals surface area contributed by atoms with E-state index in [1.807, 2.05) is 24.3 Å². The highest BCUT2D eigenvalue weighted by molar-refractivity contribution is 5.96. The Bertz CT molecular complexity index is 606. The van der Waals surface area contributed by atoms with Gasteiger partial charge in [0, 0.05) is 18.7 Å². The maximum Gasteiger partial charge on any atom is 0.262 e. The molecule has 0 atom stereocenters. The van der Waals surface area contributed by atoms with E-state index in [1.165, 1.54) is 0 Å². The monoisotopic (exact) mass is 244 g/mol. The van der Waals surface area contributed by atoms with Crippen LogP contribution in [-0.2, 0) is 4.79 Å². The van der Waals surface area contributed by atoms with E-state index in [9.17, 15) is 4.79 Å². The highest BCUT2D eigenvalue weighted by Gasteiger charge is 2.16. The van der Waals surface area contributed by atoms with E-state index in [-0.39, 0.29) is 12.5 Å². The molecule has 18 heavy (non-hydrogen) atoms. The number of benzene rings is 1. The first kappa shape index (κ1) is 10.6. The van der Waals surface area contributed by atoms with Gasteiger partial charge >= 0.3 is 0 Å². The third kappa shape index (κ3) is 1.77. The molecule has 92 valence electrons. The number of aromatic amines is 1. The molecule has 0 spiro atoms. The van der Waals surface area contributed by atoms with Crippen LogP contribution in [-0.4, -0.2) is 29.8 Å². The number of carbonyl (C=O) groups excluding carboxylic acids is 1. The maximum atomic E-state index is 11.3. The molecule has 1 aromatic heterocycles. The largest absolute Gasteiger partial charge is 0.482 e. The molecule has 0 bridgehead atoms. The molecule has 2 aromatic rings. The number of aromatic nitrogens is 2. The third-order valence-electron chi connectivity index (χ3n) is 2.76. The van der Waals surface area contributed by atoms with Crippen molar-refractivity contribution in [3.8, 4) is 17.0 Å². The van der Waals surface area contributed by atoms with Crippen LogP contribution in [0.2, 0.25) is 0 Å². The first-order valence-electron chi connectivity index (χ1n) is 5.56. The van der Waals surface area contributed by atoms with E-state index >= 15 is 0 Å². The Balaban J connectivity index is 1.98. The SMILES string of the molecule is CNc1cc(-c2ccc3c(c2)NC(=O)CO3)[nH]n1. The number of nitrogens with one attached hydrogen (secondary N) is 3. The first-order valence-corrected chi connectivity index (χ1v) is 5.56. The molecule has 0 radical (unpaired) electrons. The van der Waals surface area contributed by atoms with E-state index in [4.69, 9.17) is 4.74 Å². The Morgan fingerprint density at radius 2 is 2.28 bits per heavy atom. The lowest BCUT2D eigenvalue weighted by molar-refractivity contribution is -0.118. The van der Waals surface area contributed by atoms with Crippen LogP contribution < -0.4 is 15.4 Å². The van der Waals surface area contributed by atoms with Crippen molar-refractivity contribution in [1.82, 2.24) is 10.2 Å². The molecule has 1 aliphatic heterocycles. The van der Waals surface area contributed by atoms with Crippen molar-refractivity contribution in [2.75, 3.05) is 24.3 Å². The Morgan fingerprint density at radius 3 is 3.06 bits per heavy atom. The third-order valence-corrected chi connectivity index (χ3v) is 2.76. The average molecular weight is 244 g/mol. The molecule has 6 nitrogen and oxygen atoms in total. The predicted molar refractivity (Wildman–Crippen MR) is 67.7 cm³/mol. The molecule has 1 aliphatic rings. The average Bonchev–Trinajstić information content (AvgIpc) is 2.86. The Labute approximate surface area is 103 Å². The molecule has 3 rings (SSSR count). The normalized spacial score (nSPS) is 13.5. The highest BCUT2D eigenvalue weighted by atomic mass is 16.5. The molecule has 2 heterocycles. The van der Waals surface area contributed by atoms with Gasteiger partial charge in [0.15, 0.2) is 6.61 Å². The molecule has 3 N–H and O–H groups in total. The van der Waals surface area contributed by atoms with E-state index < -0.39 is 0 Å². The second-order valence-electron chi connectivity index (χ2n) is 3.96. The molecular formula is C12H12N4O2. The summed E-state index contributed by atoms with van der Waals surface area (Å²) in [7, 11) is 1.81. The van der Waals surface area contributed by atoms with Gasteiger partial charge in [0.1, 0.15) is 11.6 Å². The van der Waals surface area contributed by atoms with Crippen molar-refractivity contribution in [1.29, 1.82) is 0 Å². The number of fused-ring (bicyclic) bond motifs is 1. The Kier molecular flexibility index (Phi) is 2.40. The van der Waals surface area contributed by atoms with Crippen LogP contribution in [0.5, 0.6) is 5.75 Å². The van der Waals surface area contributed by atoms with Gasteiger partial charge in [0.25, 0.3) is 5.91 Å². The van der Waals surface area contributed by atoms with Crippen LogP contribution in [0.3, 0.4) is 0 Å². The van der Waals surface area contributed by atoms with Crippen LogP contribution >= 0.6 is 0 Å². The lowest BCUT2D eigenvalue weighted by atomic mass is 10.1. The van der Waals surface area contributed by atoms with Crippen molar-refractivity contribution in [3.05, 3.63) is 24.3 Å². The highest BCUT2D eigenvalue weighted by Crippen LogP contribution is 2.32. The van der Waals surface area contributed by atoms with Gasteiger partial charge in [-0.2, -0.15) is 5.10 Å². The summed E-state index contributed by atoms with van der Waals surface area (Å²) in [5.74, 6) is 1.31. The van der Waals surface area contributed by atoms with Crippen molar-refractivity contribution >= 4 is 17.4 Å². The number of hydrogen-bond acceptors (Lipinski definition) is 4. The molecule has 6 heteroatoms. The van der Waals surface area contributed by atoms with E-state index in [0.29, 0.717) is 11.4 Å². The predicted octanol–water partition coefficient (Wildman–Crippen LogP) is 1.45. The number of carbonyl (C=O) groups is 1. The van der Waals surface area contributed by atoms with Crippen LogP contribution in [0.25, 0.3) is 11.3 Å². The first-order chi connectivity index (χ1) is 8.76. The summed E-state index contributed by atoms with van der Waals surface area (Å²) >= 11 is 0. The van der Waals surface area contributed by atoms with E-state index in [0.717, 1.165) is 17.1 Å². The molecule has 0 aliphatic carbocycles. The van der Waals surface area contributed by atoms with Gasteiger partial charge in [-0.3, -0.25) is 9.89 Å².